The van der Waals surface area contributed by atoms with Gasteiger partial charge in [-0.15, -0.1) is 0 Å². The topological polar surface area (TPSA) is 184 Å². The highest BCUT2D eigenvalue weighted by atomic mass is 16.5. The van der Waals surface area contributed by atoms with E-state index in [-0.39, 0.29) is 37.4 Å². The number of aliphatic hydroxyl groups is 2. The maximum Gasteiger partial charge on any atom is 0.163 e. The lowest BCUT2D eigenvalue weighted by Crippen LogP contribution is -2.42. The molecule has 0 radical (unpaired) electrons. The molecule has 2 aromatic heterocycles. The largest absolute Gasteiger partial charge is 0.491 e. The number of rotatable bonds is 21. The minimum absolute atomic E-state index is 0.0173. The molecule has 2 saturated heterocycles. The van der Waals surface area contributed by atoms with E-state index in [2.05, 4.69) is 40.1 Å². The van der Waals surface area contributed by atoms with E-state index >= 15 is 0 Å². The first-order valence-electron chi connectivity index (χ1n) is 21.1. The molecule has 0 spiro atoms. The predicted octanol–water partition coefficient (Wildman–Crippen LogP) is 4.05. The van der Waals surface area contributed by atoms with Crippen LogP contribution in [-0.2, 0) is 9.47 Å². The van der Waals surface area contributed by atoms with Gasteiger partial charge in [0.2, 0.25) is 0 Å². The van der Waals surface area contributed by atoms with Crippen LogP contribution in [0.1, 0.15) is 39.0 Å². The van der Waals surface area contributed by atoms with E-state index in [9.17, 15) is 10.2 Å². The molecule has 60 heavy (non-hydrogen) atoms. The number of aromatic nitrogens is 4. The molecule has 16 heteroatoms. The summed E-state index contributed by atoms with van der Waals surface area (Å²) in [4.78, 5) is 24.1. The maximum absolute atomic E-state index is 10.2. The minimum atomic E-state index is -0.621. The molecular weight excluding hydrogens is 765 g/mol. The van der Waals surface area contributed by atoms with Crippen LogP contribution in [0.2, 0.25) is 0 Å². The third-order valence-electron chi connectivity index (χ3n) is 10.7. The van der Waals surface area contributed by atoms with Crippen molar-refractivity contribution in [1.82, 2.24) is 30.6 Å². The second kappa shape index (κ2) is 22.1. The van der Waals surface area contributed by atoms with Crippen molar-refractivity contribution in [3.05, 3.63) is 60.7 Å². The van der Waals surface area contributed by atoms with Gasteiger partial charge < -0.3 is 60.2 Å². The molecule has 2 fully saturated rings. The van der Waals surface area contributed by atoms with E-state index in [0.717, 1.165) is 79.7 Å². The zero-order valence-corrected chi connectivity index (χ0v) is 35.9. The van der Waals surface area contributed by atoms with Crippen LogP contribution in [0.4, 0.5) is 23.3 Å². The second-order valence-electron chi connectivity index (χ2n) is 16.0. The molecule has 5 unspecified atom stereocenters. The Kier molecular flexibility index (Phi) is 16.5. The van der Waals surface area contributed by atoms with Gasteiger partial charge in [-0.25, -0.2) is 19.9 Å². The Morgan fingerprint density at radius 3 is 1.97 bits per heavy atom. The molecule has 326 valence electrons. The lowest BCUT2D eigenvalue weighted by Gasteiger charge is -2.37. The van der Waals surface area contributed by atoms with E-state index < -0.39 is 12.2 Å². The van der Waals surface area contributed by atoms with Gasteiger partial charge in [-0.3, -0.25) is 0 Å². The summed E-state index contributed by atoms with van der Waals surface area (Å²) < 4.78 is 23.8. The lowest BCUT2D eigenvalue weighted by molar-refractivity contribution is 0.000698. The molecule has 0 saturated carbocycles. The van der Waals surface area contributed by atoms with E-state index in [1.54, 1.807) is 14.1 Å². The Bertz CT molecular complexity index is 1930. The van der Waals surface area contributed by atoms with E-state index in [4.69, 9.17) is 38.9 Å². The number of nitrogens with zero attached hydrogens (tertiary/aromatic N) is 6. The molecule has 6 rings (SSSR count). The van der Waals surface area contributed by atoms with Gasteiger partial charge in [0.1, 0.15) is 60.2 Å². The average Bonchev–Trinajstić information content (AvgIpc) is 3.25. The fraction of sp³-hybridized carbons (Fsp3) is 0.545. The molecular formula is C44H64N10O6. The monoisotopic (exact) mass is 829 g/mol. The normalized spacial score (nSPS) is 18.6. The number of hydrogen-bond donors (Lipinski definition) is 6. The highest BCUT2D eigenvalue weighted by Crippen LogP contribution is 2.31. The predicted molar refractivity (Wildman–Crippen MR) is 236 cm³/mol. The van der Waals surface area contributed by atoms with Crippen LogP contribution in [0.3, 0.4) is 0 Å². The maximum atomic E-state index is 10.2. The number of hydrogen-bond acceptors (Lipinski definition) is 16. The molecule has 2 aliphatic heterocycles. The number of aliphatic hydroxyl groups excluding tert-OH is 2. The van der Waals surface area contributed by atoms with Crippen LogP contribution in [0.5, 0.6) is 11.5 Å². The first kappa shape index (κ1) is 44.7. The summed E-state index contributed by atoms with van der Waals surface area (Å²) in [6.07, 6.45) is 3.08. The number of benzene rings is 2. The summed E-state index contributed by atoms with van der Waals surface area (Å²) in [5, 5.41) is 33.5. The fourth-order valence-electron chi connectivity index (χ4n) is 7.43. The van der Waals surface area contributed by atoms with Gasteiger partial charge in [0.15, 0.2) is 11.6 Å². The minimum Gasteiger partial charge on any atom is -0.491 e. The molecule has 2 aromatic carbocycles. The van der Waals surface area contributed by atoms with Crippen LogP contribution < -0.4 is 40.5 Å². The van der Waals surface area contributed by atoms with Crippen molar-refractivity contribution in [2.75, 3.05) is 102 Å². The van der Waals surface area contributed by atoms with Crippen molar-refractivity contribution < 1.29 is 29.2 Å². The Labute approximate surface area is 354 Å². The van der Waals surface area contributed by atoms with Crippen molar-refractivity contribution in [2.45, 2.75) is 75.5 Å². The SMILES string of the molecule is CNCC(O)COc1cccc(-c2nc(NC(C)CC3CC(N(C)c4cc(N(C)C)nc(-c5cccc(OCC(O)CNC)c5)n4)CCO3)cc(NC3CCOCC3)n2)c1. The summed E-state index contributed by atoms with van der Waals surface area (Å²) in [5.41, 5.74) is 1.65. The van der Waals surface area contributed by atoms with Crippen LogP contribution in [-0.4, -0.2) is 148 Å². The van der Waals surface area contributed by atoms with Crippen LogP contribution >= 0.6 is 0 Å². The molecule has 0 bridgehead atoms. The van der Waals surface area contributed by atoms with Gasteiger partial charge in [-0.1, -0.05) is 24.3 Å². The molecule has 0 aliphatic carbocycles. The van der Waals surface area contributed by atoms with Gasteiger partial charge in [0.05, 0.1) is 6.10 Å². The highest BCUT2D eigenvalue weighted by molar-refractivity contribution is 5.64. The van der Waals surface area contributed by atoms with Gasteiger partial charge >= 0.3 is 0 Å². The van der Waals surface area contributed by atoms with E-state index in [1.807, 2.05) is 79.7 Å². The third-order valence-corrected chi connectivity index (χ3v) is 10.7. The smallest absolute Gasteiger partial charge is 0.163 e. The van der Waals surface area contributed by atoms with Gasteiger partial charge in [-0.05, 0) is 77.4 Å². The first-order chi connectivity index (χ1) is 29.1. The molecule has 2 aliphatic rings. The Morgan fingerprint density at radius 2 is 1.35 bits per heavy atom. The standard InChI is InChI=1S/C44H64N10O6/c1-29(47-39-23-40(48-32-13-16-57-17-14-32)50-43(49-39)30-9-7-11-36(20-30)59-27-34(55)25-45-2)19-38-22-33(15-18-58-38)54(6)42-24-41(53(4)5)51-44(52-42)31-10-8-12-37(21-31)60-28-35(56)26-46-3/h7-12,20-21,23-24,29,32-35,38,45-46,55-56H,13-19,22,25-28H2,1-6H3,(H2,47,48,49,50). The van der Waals surface area contributed by atoms with Crippen LogP contribution in [0.15, 0.2) is 60.7 Å². The summed E-state index contributed by atoms with van der Waals surface area (Å²) in [6, 6.07) is 19.9. The molecule has 16 nitrogen and oxygen atoms in total. The zero-order chi connectivity index (χ0) is 42.4. The second-order valence-corrected chi connectivity index (χ2v) is 16.0. The van der Waals surface area contributed by atoms with Crippen molar-refractivity contribution in [2.24, 2.45) is 0 Å². The highest BCUT2D eigenvalue weighted by Gasteiger charge is 2.29. The zero-order valence-electron chi connectivity index (χ0n) is 35.9. The van der Waals surface area contributed by atoms with Crippen LogP contribution in [0.25, 0.3) is 22.8 Å². The van der Waals surface area contributed by atoms with Gasteiger partial charge in [0, 0.05) is 95.4 Å². The first-order valence-corrected chi connectivity index (χ1v) is 21.1. The van der Waals surface area contributed by atoms with Gasteiger partial charge in [-0.2, -0.15) is 0 Å². The van der Waals surface area contributed by atoms with Crippen molar-refractivity contribution in [3.8, 4) is 34.3 Å². The summed E-state index contributed by atoms with van der Waals surface area (Å²) >= 11 is 0. The average molecular weight is 829 g/mol. The Morgan fingerprint density at radius 1 is 0.750 bits per heavy atom. The molecule has 4 heterocycles. The third kappa shape index (κ3) is 13.1. The van der Waals surface area contributed by atoms with E-state index in [1.165, 1.54) is 0 Å². The quantitative estimate of drug-likeness (QED) is 0.0707. The van der Waals surface area contributed by atoms with E-state index in [0.29, 0.717) is 42.8 Å². The van der Waals surface area contributed by atoms with Crippen LogP contribution in [0, 0.1) is 0 Å². The molecule has 4 aromatic rings. The number of anilines is 4. The molecule has 6 N–H and O–H groups in total. The van der Waals surface area contributed by atoms with Crippen molar-refractivity contribution in [1.29, 1.82) is 0 Å². The Hall–Kier alpha value is -4.84. The van der Waals surface area contributed by atoms with Crippen molar-refractivity contribution >= 4 is 23.3 Å². The molecule has 0 amide bonds. The number of nitrogens with one attached hydrogen (secondary N) is 4. The lowest BCUT2D eigenvalue weighted by atomic mass is 9.97. The summed E-state index contributed by atoms with van der Waals surface area (Å²) in [7, 11) is 9.65. The number of likely N-dealkylation sites (N-methyl/N-ethyl adjacent to an activating group) is 2. The summed E-state index contributed by atoms with van der Waals surface area (Å²) in [6.45, 7) is 5.49. The molecule has 5 atom stereocenters. The Balaban J connectivity index is 1.14. The number of ether oxygens (including phenoxy) is 4. The van der Waals surface area contributed by atoms with Crippen molar-refractivity contribution in [3.63, 3.8) is 0 Å². The summed E-state index contributed by atoms with van der Waals surface area (Å²) in [5.74, 6) is 5.55. The van der Waals surface area contributed by atoms with Gasteiger partial charge in [0.25, 0.3) is 0 Å². The fourth-order valence-corrected chi connectivity index (χ4v) is 7.43.